The molecule has 0 aliphatic heterocycles. The molecular weight excluding hydrogens is 190 g/mol. The van der Waals surface area contributed by atoms with Crippen LogP contribution in [0.2, 0.25) is 0 Å². The van der Waals surface area contributed by atoms with Crippen molar-refractivity contribution in [3.8, 4) is 0 Å². The lowest BCUT2D eigenvalue weighted by atomic mass is 10.4. The molecule has 3 nitrogen and oxygen atoms in total. The molecule has 1 rings (SSSR count). The van der Waals surface area contributed by atoms with Crippen LogP contribution in [-0.2, 0) is 6.54 Å². The first-order chi connectivity index (χ1) is 5.80. The third-order valence-corrected chi connectivity index (χ3v) is 2.51. The molecule has 0 aliphatic rings. The first-order valence-electron chi connectivity index (χ1n) is 3.46. The van der Waals surface area contributed by atoms with Crippen LogP contribution in [0.1, 0.15) is 5.69 Å². The number of aromatic nitrogens is 2. The van der Waals surface area contributed by atoms with E-state index >= 15 is 0 Å². The number of hydrogen-bond donors (Lipinski definition) is 1. The maximum Gasteiger partial charge on any atom is 0.188 e. The monoisotopic (exact) mass is 201 g/mol. The van der Waals surface area contributed by atoms with E-state index in [4.69, 9.17) is 5.73 Å². The largest absolute Gasteiger partial charge is 0.325 e. The molecule has 0 atom stereocenters. The second-order valence-corrected chi connectivity index (χ2v) is 3.69. The molecule has 5 heteroatoms. The Bertz CT molecular complexity index is 210. The summed E-state index contributed by atoms with van der Waals surface area (Å²) in [6.07, 6.45) is 3.95. The van der Waals surface area contributed by atoms with Crippen molar-refractivity contribution >= 4 is 23.5 Å². The van der Waals surface area contributed by atoms with Gasteiger partial charge in [-0.25, -0.2) is 9.97 Å². The van der Waals surface area contributed by atoms with E-state index in [9.17, 15) is 0 Å². The predicted octanol–water partition coefficient (Wildman–Crippen LogP) is 1.38. The highest BCUT2D eigenvalue weighted by molar-refractivity contribution is 7.99. The van der Waals surface area contributed by atoms with Crippen LogP contribution in [0.3, 0.4) is 0 Å². The normalized spacial score (nSPS) is 10.2. The number of nitrogens with two attached hydrogens (primary N) is 1. The van der Waals surface area contributed by atoms with Crippen molar-refractivity contribution in [1.29, 1.82) is 0 Å². The quantitative estimate of drug-likeness (QED) is 0.455. The summed E-state index contributed by atoms with van der Waals surface area (Å²) < 4.78 is 0. The number of rotatable bonds is 3. The molecule has 0 radical (unpaired) electrons. The molecule has 2 N–H and O–H groups in total. The van der Waals surface area contributed by atoms with Crippen molar-refractivity contribution in [2.24, 2.45) is 5.73 Å². The molecule has 0 aromatic carbocycles. The van der Waals surface area contributed by atoms with Crippen molar-refractivity contribution in [2.45, 2.75) is 16.7 Å². The molecule has 1 aromatic rings. The van der Waals surface area contributed by atoms with Gasteiger partial charge in [0.15, 0.2) is 5.16 Å². The Morgan fingerprint density at radius 3 is 2.58 bits per heavy atom. The molecule has 12 heavy (non-hydrogen) atoms. The molecule has 0 bridgehead atoms. The van der Waals surface area contributed by atoms with E-state index in [1.54, 1.807) is 11.8 Å². The molecule has 0 amide bonds. The Morgan fingerprint density at radius 1 is 1.33 bits per heavy atom. The fraction of sp³-hybridized carbons (Fsp3) is 0.429. The van der Waals surface area contributed by atoms with Gasteiger partial charge in [-0.2, -0.15) is 0 Å². The van der Waals surface area contributed by atoms with Gasteiger partial charge in [0.1, 0.15) is 5.03 Å². The first-order valence-corrected chi connectivity index (χ1v) is 5.91. The summed E-state index contributed by atoms with van der Waals surface area (Å²) in [7, 11) is 0. The van der Waals surface area contributed by atoms with Gasteiger partial charge in [-0.15, -0.1) is 11.8 Å². The molecule has 0 unspecified atom stereocenters. The smallest absolute Gasteiger partial charge is 0.188 e. The highest BCUT2D eigenvalue weighted by atomic mass is 32.2. The lowest BCUT2D eigenvalue weighted by molar-refractivity contribution is 0.827. The minimum Gasteiger partial charge on any atom is -0.325 e. The van der Waals surface area contributed by atoms with E-state index in [0.717, 1.165) is 15.9 Å². The van der Waals surface area contributed by atoms with E-state index in [-0.39, 0.29) is 0 Å². The van der Waals surface area contributed by atoms with Crippen LogP contribution in [0.4, 0.5) is 0 Å². The van der Waals surface area contributed by atoms with Gasteiger partial charge in [0.25, 0.3) is 0 Å². The van der Waals surface area contributed by atoms with Crippen molar-refractivity contribution in [2.75, 3.05) is 12.5 Å². The third kappa shape index (κ3) is 2.36. The molecule has 66 valence electrons. The van der Waals surface area contributed by atoms with Crippen LogP contribution in [0.25, 0.3) is 0 Å². The lowest BCUT2D eigenvalue weighted by Gasteiger charge is -2.01. The van der Waals surface area contributed by atoms with Crippen molar-refractivity contribution in [3.05, 3.63) is 11.8 Å². The molecular formula is C7H11N3S2. The molecule has 1 aromatic heterocycles. The van der Waals surface area contributed by atoms with Gasteiger partial charge in [-0.05, 0) is 18.6 Å². The van der Waals surface area contributed by atoms with E-state index < -0.39 is 0 Å². The van der Waals surface area contributed by atoms with Crippen LogP contribution in [0.5, 0.6) is 0 Å². The molecule has 1 heterocycles. The van der Waals surface area contributed by atoms with Gasteiger partial charge >= 0.3 is 0 Å². The van der Waals surface area contributed by atoms with Crippen LogP contribution < -0.4 is 5.73 Å². The molecule has 0 fully saturated rings. The lowest BCUT2D eigenvalue weighted by Crippen LogP contribution is -2.02. The van der Waals surface area contributed by atoms with Gasteiger partial charge in [-0.3, -0.25) is 0 Å². The predicted molar refractivity (Wildman–Crippen MR) is 53.5 cm³/mol. The van der Waals surface area contributed by atoms with Gasteiger partial charge in [0, 0.05) is 6.54 Å². The standard InChI is InChI=1S/C7H11N3S2/c1-11-6-3-5(4-8)9-7(10-6)12-2/h3H,4,8H2,1-2H3. The highest BCUT2D eigenvalue weighted by Crippen LogP contribution is 2.16. The van der Waals surface area contributed by atoms with E-state index in [2.05, 4.69) is 9.97 Å². The van der Waals surface area contributed by atoms with Crippen molar-refractivity contribution < 1.29 is 0 Å². The minimum atomic E-state index is 0.476. The summed E-state index contributed by atoms with van der Waals surface area (Å²) in [5.41, 5.74) is 6.39. The van der Waals surface area contributed by atoms with Crippen LogP contribution >= 0.6 is 23.5 Å². The van der Waals surface area contributed by atoms with Crippen LogP contribution in [-0.4, -0.2) is 22.5 Å². The average molecular weight is 201 g/mol. The second kappa shape index (κ2) is 4.69. The zero-order valence-corrected chi connectivity index (χ0v) is 8.71. The number of hydrogen-bond acceptors (Lipinski definition) is 5. The SMILES string of the molecule is CSc1cc(CN)nc(SC)n1. The number of thioether (sulfide) groups is 2. The summed E-state index contributed by atoms with van der Waals surface area (Å²) in [6.45, 7) is 0.476. The zero-order valence-electron chi connectivity index (χ0n) is 7.07. The molecule has 0 saturated carbocycles. The van der Waals surface area contributed by atoms with Gasteiger partial charge in [-0.1, -0.05) is 11.8 Å². The maximum absolute atomic E-state index is 5.49. The molecule has 0 saturated heterocycles. The zero-order chi connectivity index (χ0) is 8.97. The second-order valence-electron chi connectivity index (χ2n) is 2.09. The van der Waals surface area contributed by atoms with Crippen molar-refractivity contribution in [1.82, 2.24) is 9.97 Å². The van der Waals surface area contributed by atoms with Gasteiger partial charge < -0.3 is 5.73 Å². The Labute approximate surface area is 80.6 Å². The van der Waals surface area contributed by atoms with E-state index in [1.165, 1.54) is 11.8 Å². The summed E-state index contributed by atoms with van der Waals surface area (Å²) >= 11 is 3.14. The van der Waals surface area contributed by atoms with Gasteiger partial charge in [0.2, 0.25) is 0 Å². The summed E-state index contributed by atoms with van der Waals surface area (Å²) in [5.74, 6) is 0. The summed E-state index contributed by atoms with van der Waals surface area (Å²) in [4.78, 5) is 8.51. The molecule has 0 spiro atoms. The highest BCUT2D eigenvalue weighted by Gasteiger charge is 2.00. The van der Waals surface area contributed by atoms with Crippen molar-refractivity contribution in [3.63, 3.8) is 0 Å². The average Bonchev–Trinajstić information content (AvgIpc) is 2.16. The summed E-state index contributed by atoms with van der Waals surface area (Å²) in [6, 6.07) is 1.92. The Balaban J connectivity index is 3.01. The Kier molecular flexibility index (Phi) is 3.84. The van der Waals surface area contributed by atoms with Crippen LogP contribution in [0.15, 0.2) is 16.2 Å². The first kappa shape index (κ1) is 9.83. The molecule has 0 aliphatic carbocycles. The fourth-order valence-electron chi connectivity index (χ4n) is 0.750. The fourth-order valence-corrected chi connectivity index (χ4v) is 1.64. The van der Waals surface area contributed by atoms with E-state index in [1.807, 2.05) is 18.6 Å². The summed E-state index contributed by atoms with van der Waals surface area (Å²) in [5, 5.41) is 1.78. The van der Waals surface area contributed by atoms with E-state index in [0.29, 0.717) is 6.54 Å². The maximum atomic E-state index is 5.49. The Morgan fingerprint density at radius 2 is 2.08 bits per heavy atom. The Hall–Kier alpha value is -0.260. The third-order valence-electron chi connectivity index (χ3n) is 1.34. The van der Waals surface area contributed by atoms with Gasteiger partial charge in [0.05, 0.1) is 5.69 Å². The van der Waals surface area contributed by atoms with Crippen LogP contribution in [0, 0.1) is 0 Å². The topological polar surface area (TPSA) is 51.8 Å². The minimum absolute atomic E-state index is 0.476. The number of nitrogens with zero attached hydrogens (tertiary/aromatic N) is 2.